The topological polar surface area (TPSA) is 12.0 Å². The molecule has 0 aliphatic heterocycles. The molecule has 1 aliphatic carbocycles. The van der Waals surface area contributed by atoms with Crippen LogP contribution in [0, 0.1) is 0 Å². The van der Waals surface area contributed by atoms with E-state index in [1.165, 1.54) is 38.6 Å². The van der Waals surface area contributed by atoms with Crippen LogP contribution in [0.2, 0.25) is 0 Å². The molecule has 0 radical (unpaired) electrons. The zero-order valence-electron chi connectivity index (χ0n) is 7.53. The lowest BCUT2D eigenvalue weighted by Gasteiger charge is -2.12. The lowest BCUT2D eigenvalue weighted by Crippen LogP contribution is -2.14. The molecule has 1 rings (SSSR count). The highest BCUT2D eigenvalue weighted by atomic mass is 14.8. The molecule has 0 fully saturated rings. The standard InChI is InChI=1S/C10H19N/c1-2-11-9-8-10-6-4-3-5-7-10/h6,11H,2-5,7-9H2,1H3. The van der Waals surface area contributed by atoms with Gasteiger partial charge in [-0.2, -0.15) is 0 Å². The summed E-state index contributed by atoms with van der Waals surface area (Å²) in [5, 5.41) is 3.35. The van der Waals surface area contributed by atoms with E-state index in [1.807, 2.05) is 0 Å². The molecule has 1 aliphatic rings. The number of nitrogens with one attached hydrogen (secondary N) is 1. The van der Waals surface area contributed by atoms with E-state index >= 15 is 0 Å². The molecule has 0 unspecified atom stereocenters. The van der Waals surface area contributed by atoms with Gasteiger partial charge in [-0.3, -0.25) is 0 Å². The summed E-state index contributed by atoms with van der Waals surface area (Å²) in [6.45, 7) is 4.44. The van der Waals surface area contributed by atoms with Crippen LogP contribution < -0.4 is 5.32 Å². The summed E-state index contributed by atoms with van der Waals surface area (Å²) in [6, 6.07) is 0. The van der Waals surface area contributed by atoms with Gasteiger partial charge in [-0.05, 0) is 45.2 Å². The molecular weight excluding hydrogens is 134 g/mol. The van der Waals surface area contributed by atoms with Gasteiger partial charge in [-0.1, -0.05) is 18.6 Å². The van der Waals surface area contributed by atoms with Gasteiger partial charge < -0.3 is 5.32 Å². The fraction of sp³-hybridized carbons (Fsp3) is 0.800. The van der Waals surface area contributed by atoms with Crippen molar-refractivity contribution in [2.24, 2.45) is 0 Å². The quantitative estimate of drug-likeness (QED) is 0.483. The Kier molecular flexibility index (Phi) is 4.29. The average Bonchev–Trinajstić information content (AvgIpc) is 2.07. The molecule has 0 heterocycles. The molecular formula is C10H19N. The molecule has 0 aromatic rings. The van der Waals surface area contributed by atoms with Crippen LogP contribution in [0.25, 0.3) is 0 Å². The fourth-order valence-electron chi connectivity index (χ4n) is 1.56. The predicted octanol–water partition coefficient (Wildman–Crippen LogP) is 2.49. The Morgan fingerprint density at radius 3 is 3.00 bits per heavy atom. The minimum Gasteiger partial charge on any atom is -0.317 e. The highest BCUT2D eigenvalue weighted by molar-refractivity contribution is 5.04. The van der Waals surface area contributed by atoms with Crippen molar-refractivity contribution >= 4 is 0 Å². The van der Waals surface area contributed by atoms with Crippen LogP contribution in [0.5, 0.6) is 0 Å². The Morgan fingerprint density at radius 2 is 2.36 bits per heavy atom. The molecule has 1 nitrogen and oxygen atoms in total. The van der Waals surface area contributed by atoms with E-state index in [9.17, 15) is 0 Å². The molecule has 0 atom stereocenters. The summed E-state index contributed by atoms with van der Waals surface area (Å²) in [5.41, 5.74) is 1.68. The van der Waals surface area contributed by atoms with Crippen molar-refractivity contribution in [3.63, 3.8) is 0 Å². The molecule has 64 valence electrons. The largest absolute Gasteiger partial charge is 0.317 e. The van der Waals surface area contributed by atoms with Gasteiger partial charge in [0.05, 0.1) is 0 Å². The summed E-state index contributed by atoms with van der Waals surface area (Å²) >= 11 is 0. The van der Waals surface area contributed by atoms with Crippen LogP contribution in [-0.4, -0.2) is 13.1 Å². The summed E-state index contributed by atoms with van der Waals surface area (Å²) in [5.74, 6) is 0. The van der Waals surface area contributed by atoms with E-state index in [1.54, 1.807) is 5.57 Å². The highest BCUT2D eigenvalue weighted by Crippen LogP contribution is 2.19. The van der Waals surface area contributed by atoms with Crippen molar-refractivity contribution in [2.45, 2.75) is 39.0 Å². The first-order valence-corrected chi connectivity index (χ1v) is 4.82. The second kappa shape index (κ2) is 5.36. The van der Waals surface area contributed by atoms with E-state index in [4.69, 9.17) is 0 Å². The maximum absolute atomic E-state index is 3.35. The Labute approximate surface area is 69.9 Å². The Hall–Kier alpha value is -0.300. The Bertz CT molecular complexity index is 127. The van der Waals surface area contributed by atoms with Gasteiger partial charge in [0.15, 0.2) is 0 Å². The number of hydrogen-bond acceptors (Lipinski definition) is 1. The lowest BCUT2D eigenvalue weighted by molar-refractivity contribution is 0.643. The van der Waals surface area contributed by atoms with E-state index in [2.05, 4.69) is 18.3 Å². The van der Waals surface area contributed by atoms with Gasteiger partial charge in [0.1, 0.15) is 0 Å². The van der Waals surface area contributed by atoms with Gasteiger partial charge in [0.2, 0.25) is 0 Å². The van der Waals surface area contributed by atoms with Gasteiger partial charge >= 0.3 is 0 Å². The molecule has 1 N–H and O–H groups in total. The third kappa shape index (κ3) is 3.57. The third-order valence-electron chi connectivity index (χ3n) is 2.26. The first-order chi connectivity index (χ1) is 5.43. The summed E-state index contributed by atoms with van der Waals surface area (Å²) in [7, 11) is 0. The molecule has 0 spiro atoms. The van der Waals surface area contributed by atoms with Crippen molar-refractivity contribution < 1.29 is 0 Å². The SMILES string of the molecule is CCNCCC1=CCCCC1. The highest BCUT2D eigenvalue weighted by Gasteiger charge is 2.01. The third-order valence-corrected chi connectivity index (χ3v) is 2.26. The molecule has 1 heteroatoms. The zero-order chi connectivity index (χ0) is 7.94. The van der Waals surface area contributed by atoms with Crippen molar-refractivity contribution in [1.29, 1.82) is 0 Å². The monoisotopic (exact) mass is 153 g/mol. The van der Waals surface area contributed by atoms with E-state index in [-0.39, 0.29) is 0 Å². The van der Waals surface area contributed by atoms with Crippen LogP contribution in [-0.2, 0) is 0 Å². The molecule has 0 aromatic carbocycles. The first kappa shape index (κ1) is 8.79. The van der Waals surface area contributed by atoms with Crippen LogP contribution in [0.3, 0.4) is 0 Å². The minimum absolute atomic E-state index is 1.10. The van der Waals surface area contributed by atoms with E-state index in [0.717, 1.165) is 6.54 Å². The lowest BCUT2D eigenvalue weighted by atomic mass is 9.97. The normalized spacial score (nSPS) is 18.1. The van der Waals surface area contributed by atoms with Crippen molar-refractivity contribution in [3.05, 3.63) is 11.6 Å². The number of rotatable bonds is 4. The van der Waals surface area contributed by atoms with Crippen LogP contribution in [0.4, 0.5) is 0 Å². The second-order valence-corrected chi connectivity index (χ2v) is 3.21. The Balaban J connectivity index is 2.09. The van der Waals surface area contributed by atoms with Gasteiger partial charge in [-0.25, -0.2) is 0 Å². The van der Waals surface area contributed by atoms with Gasteiger partial charge in [0.25, 0.3) is 0 Å². The van der Waals surface area contributed by atoms with Crippen LogP contribution >= 0.6 is 0 Å². The molecule has 0 bridgehead atoms. The minimum atomic E-state index is 1.10. The molecule has 0 saturated carbocycles. The van der Waals surface area contributed by atoms with Crippen molar-refractivity contribution in [1.82, 2.24) is 5.32 Å². The molecule has 11 heavy (non-hydrogen) atoms. The van der Waals surface area contributed by atoms with Gasteiger partial charge in [-0.15, -0.1) is 0 Å². The fourth-order valence-corrected chi connectivity index (χ4v) is 1.56. The van der Waals surface area contributed by atoms with E-state index < -0.39 is 0 Å². The number of allylic oxidation sites excluding steroid dienone is 1. The maximum Gasteiger partial charge on any atom is -0.00117 e. The van der Waals surface area contributed by atoms with E-state index in [0.29, 0.717) is 0 Å². The molecule has 0 aromatic heterocycles. The predicted molar refractivity (Wildman–Crippen MR) is 49.7 cm³/mol. The van der Waals surface area contributed by atoms with Crippen LogP contribution in [0.15, 0.2) is 11.6 Å². The van der Waals surface area contributed by atoms with Crippen LogP contribution in [0.1, 0.15) is 39.0 Å². The first-order valence-electron chi connectivity index (χ1n) is 4.82. The summed E-state index contributed by atoms with van der Waals surface area (Å²) < 4.78 is 0. The maximum atomic E-state index is 3.35. The second-order valence-electron chi connectivity index (χ2n) is 3.21. The number of hydrogen-bond donors (Lipinski definition) is 1. The molecule has 0 amide bonds. The summed E-state index contributed by atoms with van der Waals surface area (Å²) in [4.78, 5) is 0. The summed E-state index contributed by atoms with van der Waals surface area (Å²) in [6.07, 6.45) is 9.20. The van der Waals surface area contributed by atoms with Gasteiger partial charge in [0, 0.05) is 0 Å². The smallest absolute Gasteiger partial charge is 0.00117 e. The van der Waals surface area contributed by atoms with Crippen molar-refractivity contribution in [3.8, 4) is 0 Å². The van der Waals surface area contributed by atoms with Crippen molar-refractivity contribution in [2.75, 3.05) is 13.1 Å². The Morgan fingerprint density at radius 1 is 1.45 bits per heavy atom. The zero-order valence-corrected chi connectivity index (χ0v) is 7.53. The average molecular weight is 153 g/mol. The molecule has 0 saturated heterocycles.